The zero-order valence-electron chi connectivity index (χ0n) is 18.5. The van der Waals surface area contributed by atoms with Crippen molar-refractivity contribution in [1.82, 2.24) is 0 Å². The largest absolute Gasteiger partial charge is 0.465 e. The van der Waals surface area contributed by atoms with Crippen LogP contribution in [-0.2, 0) is 19.1 Å². The van der Waals surface area contributed by atoms with E-state index in [9.17, 15) is 9.59 Å². The summed E-state index contributed by atoms with van der Waals surface area (Å²) in [6, 6.07) is 9.76. The Bertz CT molecular complexity index is 767. The minimum absolute atomic E-state index is 0.148. The lowest BCUT2D eigenvalue weighted by Crippen LogP contribution is -2.24. The van der Waals surface area contributed by atoms with Crippen molar-refractivity contribution in [3.63, 3.8) is 0 Å². The summed E-state index contributed by atoms with van der Waals surface area (Å²) >= 11 is 8.91. The maximum atomic E-state index is 12.1. The van der Waals surface area contributed by atoms with E-state index >= 15 is 0 Å². The summed E-state index contributed by atoms with van der Waals surface area (Å²) < 4.78 is 10.9. The standard InChI is InChI=1S/C26H34O4S2/c1-2-3-4-8-11-23(31)16-25(27)29-18-20-12-14-21(15-13-20)19-30-26(28)17-24(32)22-9-6-5-7-10-22/h2-11,20-21,23-24,31-32H,1,12-19H2/b4-3-,11-8+. The van der Waals surface area contributed by atoms with Crippen LogP contribution >= 0.6 is 25.3 Å². The van der Waals surface area contributed by atoms with Gasteiger partial charge in [0.15, 0.2) is 0 Å². The van der Waals surface area contributed by atoms with E-state index in [1.165, 1.54) is 0 Å². The predicted octanol–water partition coefficient (Wildman–Crippen LogP) is 5.93. The van der Waals surface area contributed by atoms with E-state index in [4.69, 9.17) is 9.47 Å². The number of rotatable bonds is 12. The van der Waals surface area contributed by atoms with Crippen LogP contribution in [0.3, 0.4) is 0 Å². The van der Waals surface area contributed by atoms with E-state index in [0.29, 0.717) is 25.0 Å². The minimum atomic E-state index is -0.224. The fraction of sp³-hybridized carbons (Fsp3) is 0.462. The summed E-state index contributed by atoms with van der Waals surface area (Å²) in [6.45, 7) is 4.50. The van der Waals surface area contributed by atoms with Crippen molar-refractivity contribution < 1.29 is 19.1 Å². The fourth-order valence-electron chi connectivity index (χ4n) is 3.63. The average molecular weight is 475 g/mol. The smallest absolute Gasteiger partial charge is 0.307 e. The van der Waals surface area contributed by atoms with Gasteiger partial charge in [0.1, 0.15) is 0 Å². The molecule has 0 heterocycles. The fourth-order valence-corrected chi connectivity index (χ4v) is 4.20. The van der Waals surface area contributed by atoms with Crippen molar-refractivity contribution in [2.75, 3.05) is 13.2 Å². The minimum Gasteiger partial charge on any atom is -0.465 e. The molecule has 0 saturated heterocycles. The van der Waals surface area contributed by atoms with Crippen LogP contribution in [-0.4, -0.2) is 30.4 Å². The summed E-state index contributed by atoms with van der Waals surface area (Å²) in [4.78, 5) is 24.2. The van der Waals surface area contributed by atoms with Gasteiger partial charge >= 0.3 is 11.9 Å². The molecule has 2 rings (SSSR count). The topological polar surface area (TPSA) is 52.6 Å². The second-order valence-corrected chi connectivity index (χ2v) is 9.45. The second kappa shape index (κ2) is 15.0. The van der Waals surface area contributed by atoms with Crippen LogP contribution in [0.1, 0.15) is 49.3 Å². The molecule has 1 aliphatic rings. The molecule has 4 nitrogen and oxygen atoms in total. The Morgan fingerprint density at radius 2 is 1.47 bits per heavy atom. The van der Waals surface area contributed by atoms with E-state index in [1.54, 1.807) is 6.08 Å². The van der Waals surface area contributed by atoms with Gasteiger partial charge in [-0.3, -0.25) is 9.59 Å². The molecule has 1 aromatic carbocycles. The molecule has 0 radical (unpaired) electrons. The normalized spacial score (nSPS) is 20.7. The first-order valence-corrected chi connectivity index (χ1v) is 12.2. The van der Waals surface area contributed by atoms with Crippen LogP contribution in [0, 0.1) is 11.8 Å². The van der Waals surface area contributed by atoms with Gasteiger partial charge < -0.3 is 9.47 Å². The lowest BCUT2D eigenvalue weighted by molar-refractivity contribution is -0.147. The van der Waals surface area contributed by atoms with Crippen LogP contribution in [0.5, 0.6) is 0 Å². The zero-order valence-corrected chi connectivity index (χ0v) is 20.3. The lowest BCUT2D eigenvalue weighted by atomic mass is 9.83. The first kappa shape index (κ1) is 26.3. The Morgan fingerprint density at radius 1 is 0.906 bits per heavy atom. The predicted molar refractivity (Wildman–Crippen MR) is 136 cm³/mol. The molecule has 32 heavy (non-hydrogen) atoms. The summed E-state index contributed by atoms with van der Waals surface area (Å²) in [6.07, 6.45) is 13.5. The van der Waals surface area contributed by atoms with Crippen LogP contribution < -0.4 is 0 Å². The van der Waals surface area contributed by atoms with Gasteiger partial charge in [-0.25, -0.2) is 0 Å². The third-order valence-corrected chi connectivity index (χ3v) is 6.37. The number of ether oxygens (including phenoxy) is 2. The summed E-state index contributed by atoms with van der Waals surface area (Å²) in [7, 11) is 0. The first-order chi connectivity index (χ1) is 15.5. The zero-order chi connectivity index (χ0) is 23.2. The molecule has 1 saturated carbocycles. The number of esters is 2. The molecule has 1 fully saturated rings. The number of thiol groups is 2. The molecule has 0 aromatic heterocycles. The molecule has 0 N–H and O–H groups in total. The van der Waals surface area contributed by atoms with E-state index in [0.717, 1.165) is 31.2 Å². The molecule has 0 bridgehead atoms. The Morgan fingerprint density at radius 3 is 2.03 bits per heavy atom. The Hall–Kier alpha value is -1.92. The average Bonchev–Trinajstić information content (AvgIpc) is 2.80. The molecule has 0 aliphatic heterocycles. The number of carbonyl (C=O) groups excluding carboxylic acids is 2. The van der Waals surface area contributed by atoms with Crippen molar-refractivity contribution >= 4 is 37.2 Å². The molecule has 0 amide bonds. The molecule has 6 heteroatoms. The van der Waals surface area contributed by atoms with E-state index in [2.05, 4.69) is 31.8 Å². The van der Waals surface area contributed by atoms with Crippen molar-refractivity contribution in [2.24, 2.45) is 11.8 Å². The molecular weight excluding hydrogens is 440 g/mol. The number of benzene rings is 1. The molecule has 2 unspecified atom stereocenters. The van der Waals surface area contributed by atoms with Gasteiger partial charge in [0.2, 0.25) is 0 Å². The molecule has 1 aliphatic carbocycles. The van der Waals surface area contributed by atoms with Gasteiger partial charge in [-0.15, -0.1) is 0 Å². The SMILES string of the molecule is C=C/C=C\C=C\C(S)CC(=O)OCC1CCC(COC(=O)CC(S)c2ccccc2)CC1. The van der Waals surface area contributed by atoms with E-state index in [-0.39, 0.29) is 35.3 Å². The van der Waals surface area contributed by atoms with Crippen molar-refractivity contribution in [3.8, 4) is 0 Å². The highest BCUT2D eigenvalue weighted by molar-refractivity contribution is 7.81. The van der Waals surface area contributed by atoms with Gasteiger partial charge in [-0.2, -0.15) is 25.3 Å². The number of hydrogen-bond donors (Lipinski definition) is 2. The summed E-state index contributed by atoms with van der Waals surface area (Å²) in [5, 5.41) is -0.314. The molecule has 2 atom stereocenters. The van der Waals surface area contributed by atoms with Gasteiger partial charge in [0, 0.05) is 10.5 Å². The number of hydrogen-bond acceptors (Lipinski definition) is 6. The lowest BCUT2D eigenvalue weighted by Gasteiger charge is -2.28. The van der Waals surface area contributed by atoms with E-state index in [1.807, 2.05) is 54.6 Å². The van der Waals surface area contributed by atoms with Crippen LogP contribution in [0.15, 0.2) is 67.3 Å². The number of allylic oxidation sites excluding steroid dienone is 4. The monoisotopic (exact) mass is 474 g/mol. The van der Waals surface area contributed by atoms with Crippen molar-refractivity contribution in [3.05, 3.63) is 72.9 Å². The van der Waals surface area contributed by atoms with Crippen molar-refractivity contribution in [1.29, 1.82) is 0 Å². The Labute approximate surface area is 203 Å². The molecular formula is C26H34O4S2. The summed E-state index contributed by atoms with van der Waals surface area (Å²) in [5.74, 6) is 0.310. The highest BCUT2D eigenvalue weighted by atomic mass is 32.1. The quantitative estimate of drug-likeness (QED) is 0.224. The molecule has 1 aromatic rings. The third-order valence-electron chi connectivity index (χ3n) is 5.54. The Balaban J connectivity index is 1.58. The highest BCUT2D eigenvalue weighted by Gasteiger charge is 2.24. The Kier molecular flexibility index (Phi) is 12.4. The van der Waals surface area contributed by atoms with E-state index < -0.39 is 0 Å². The van der Waals surface area contributed by atoms with Crippen molar-refractivity contribution in [2.45, 2.75) is 49.0 Å². The molecule has 174 valence electrons. The van der Waals surface area contributed by atoms with Crippen LogP contribution in [0.25, 0.3) is 0 Å². The molecule has 0 spiro atoms. The third kappa shape index (κ3) is 10.6. The maximum Gasteiger partial charge on any atom is 0.307 e. The van der Waals surface area contributed by atoms with Crippen LogP contribution in [0.4, 0.5) is 0 Å². The highest BCUT2D eigenvalue weighted by Crippen LogP contribution is 2.30. The summed E-state index contributed by atoms with van der Waals surface area (Å²) in [5.41, 5.74) is 1.02. The van der Waals surface area contributed by atoms with Gasteiger partial charge in [-0.1, -0.05) is 67.3 Å². The van der Waals surface area contributed by atoms with Gasteiger partial charge in [0.25, 0.3) is 0 Å². The van der Waals surface area contributed by atoms with Gasteiger partial charge in [-0.05, 0) is 43.1 Å². The van der Waals surface area contributed by atoms with Crippen LogP contribution in [0.2, 0.25) is 0 Å². The second-order valence-electron chi connectivity index (χ2n) is 8.16. The number of carbonyl (C=O) groups is 2. The first-order valence-electron chi connectivity index (χ1n) is 11.2. The maximum absolute atomic E-state index is 12.1. The van der Waals surface area contributed by atoms with Gasteiger partial charge in [0.05, 0.1) is 26.1 Å².